The van der Waals surface area contributed by atoms with E-state index in [1.807, 2.05) is 6.07 Å². The SMILES string of the molecule is CCCCCC1CCC(c2ccc(C3CCC(C(F)(F)Oc4cc(F)c(-c5ccc(OC(F)(F)F)c(F)c5)c(F)c4)CC3)c(F)c2)CC1. The Balaban J connectivity index is 1.17. The molecular weight excluding hydrogens is 647 g/mol. The standard InChI is InChI=1S/C37H39F9O2/c1-2-3-4-5-22-6-8-23(9-7-22)25-12-16-29(30(38)18-25)24-10-14-27(15-11-24)36(42,43)47-28-20-32(40)35(33(41)21-28)26-13-17-34(31(39)19-26)48-37(44,45)46/h12-13,16-24,27H,2-11,14-15H2,1H3. The summed E-state index contributed by atoms with van der Waals surface area (Å²) in [5, 5.41) is 0. The molecule has 0 bridgehead atoms. The van der Waals surface area contributed by atoms with Crippen LogP contribution in [0.25, 0.3) is 11.1 Å². The Morgan fingerprint density at radius 3 is 1.88 bits per heavy atom. The molecule has 0 heterocycles. The number of halogens is 9. The summed E-state index contributed by atoms with van der Waals surface area (Å²) in [7, 11) is 0. The van der Waals surface area contributed by atoms with Crippen LogP contribution < -0.4 is 9.47 Å². The van der Waals surface area contributed by atoms with Gasteiger partial charge in [0.25, 0.3) is 0 Å². The molecule has 2 fully saturated rings. The van der Waals surface area contributed by atoms with Crippen LogP contribution in [-0.2, 0) is 0 Å². The lowest BCUT2D eigenvalue weighted by Gasteiger charge is -2.34. The maximum absolute atomic E-state index is 15.3. The maximum atomic E-state index is 15.3. The fourth-order valence-corrected chi connectivity index (χ4v) is 7.33. The average Bonchev–Trinajstić information content (AvgIpc) is 3.02. The van der Waals surface area contributed by atoms with Crippen molar-refractivity contribution in [2.45, 2.75) is 108 Å². The first-order valence-electron chi connectivity index (χ1n) is 16.6. The zero-order chi connectivity index (χ0) is 34.6. The van der Waals surface area contributed by atoms with Gasteiger partial charge in [0.15, 0.2) is 11.6 Å². The van der Waals surface area contributed by atoms with E-state index in [1.165, 1.54) is 25.7 Å². The lowest BCUT2D eigenvalue weighted by Crippen LogP contribution is -2.37. The topological polar surface area (TPSA) is 18.5 Å². The molecule has 2 saturated carbocycles. The first kappa shape index (κ1) is 35.9. The summed E-state index contributed by atoms with van der Waals surface area (Å²) in [4.78, 5) is 0. The smallest absolute Gasteiger partial charge is 0.432 e. The highest BCUT2D eigenvalue weighted by atomic mass is 19.4. The molecule has 48 heavy (non-hydrogen) atoms. The second-order valence-corrected chi connectivity index (χ2v) is 13.2. The first-order chi connectivity index (χ1) is 22.7. The molecule has 0 aromatic heterocycles. The minimum atomic E-state index is -5.18. The molecule has 0 amide bonds. The van der Waals surface area contributed by atoms with Crippen molar-refractivity contribution in [3.8, 4) is 22.6 Å². The van der Waals surface area contributed by atoms with Crippen LogP contribution in [0.3, 0.4) is 0 Å². The number of alkyl halides is 5. The molecule has 0 saturated heterocycles. The van der Waals surface area contributed by atoms with Gasteiger partial charge in [-0.1, -0.05) is 50.8 Å². The van der Waals surface area contributed by atoms with Gasteiger partial charge in [-0.3, -0.25) is 0 Å². The minimum absolute atomic E-state index is 0.00439. The highest BCUT2D eigenvalue weighted by molar-refractivity contribution is 5.67. The lowest BCUT2D eigenvalue weighted by atomic mass is 9.75. The van der Waals surface area contributed by atoms with Gasteiger partial charge in [0.2, 0.25) is 0 Å². The normalized spacial score (nSPS) is 22.0. The number of hydrogen-bond acceptors (Lipinski definition) is 2. The molecule has 2 aliphatic carbocycles. The van der Waals surface area contributed by atoms with Gasteiger partial charge in [0, 0.05) is 12.1 Å². The van der Waals surface area contributed by atoms with Gasteiger partial charge >= 0.3 is 12.5 Å². The molecule has 3 aromatic carbocycles. The quantitative estimate of drug-likeness (QED) is 0.148. The summed E-state index contributed by atoms with van der Waals surface area (Å²) in [6.45, 7) is 2.20. The van der Waals surface area contributed by atoms with Crippen molar-refractivity contribution in [3.05, 3.63) is 82.9 Å². The molecule has 0 aliphatic heterocycles. The second kappa shape index (κ2) is 15.0. The Labute approximate surface area is 274 Å². The third-order valence-electron chi connectivity index (χ3n) is 9.92. The van der Waals surface area contributed by atoms with Crippen LogP contribution in [0.15, 0.2) is 48.5 Å². The summed E-state index contributed by atoms with van der Waals surface area (Å²) in [6.07, 6.45) is 0.938. The molecule has 3 aromatic rings. The Morgan fingerprint density at radius 2 is 1.29 bits per heavy atom. The minimum Gasteiger partial charge on any atom is -0.432 e. The van der Waals surface area contributed by atoms with Crippen molar-refractivity contribution < 1.29 is 49.0 Å². The second-order valence-electron chi connectivity index (χ2n) is 13.2. The molecule has 0 spiro atoms. The third-order valence-corrected chi connectivity index (χ3v) is 9.92. The largest absolute Gasteiger partial charge is 0.573 e. The monoisotopic (exact) mass is 686 g/mol. The molecule has 0 N–H and O–H groups in total. The van der Waals surface area contributed by atoms with Gasteiger partial charge in [-0.2, -0.15) is 8.78 Å². The Hall–Kier alpha value is -3.37. The number of rotatable bonds is 11. The average molecular weight is 687 g/mol. The van der Waals surface area contributed by atoms with Crippen molar-refractivity contribution in [1.29, 1.82) is 0 Å². The van der Waals surface area contributed by atoms with E-state index in [0.29, 0.717) is 35.7 Å². The molecule has 0 unspecified atom stereocenters. The van der Waals surface area contributed by atoms with Gasteiger partial charge in [-0.15, -0.1) is 13.2 Å². The van der Waals surface area contributed by atoms with E-state index in [-0.39, 0.29) is 37.4 Å². The van der Waals surface area contributed by atoms with Gasteiger partial charge in [-0.05, 0) is 104 Å². The molecule has 5 rings (SSSR count). The van der Waals surface area contributed by atoms with E-state index in [4.69, 9.17) is 4.74 Å². The van der Waals surface area contributed by atoms with Crippen molar-refractivity contribution in [3.63, 3.8) is 0 Å². The Morgan fingerprint density at radius 1 is 0.646 bits per heavy atom. The lowest BCUT2D eigenvalue weighted by molar-refractivity contribution is -0.275. The zero-order valence-electron chi connectivity index (χ0n) is 26.6. The highest BCUT2D eigenvalue weighted by Gasteiger charge is 2.44. The predicted octanol–water partition coefficient (Wildman–Crippen LogP) is 12.6. The van der Waals surface area contributed by atoms with E-state index >= 15 is 13.2 Å². The summed E-state index contributed by atoms with van der Waals surface area (Å²) in [6, 6.07) is 8.16. The number of ether oxygens (including phenoxy) is 2. The molecule has 2 nitrogen and oxygen atoms in total. The number of benzene rings is 3. The number of hydrogen-bond donors (Lipinski definition) is 0. The summed E-state index contributed by atoms with van der Waals surface area (Å²) in [5.74, 6) is -7.09. The fraction of sp³-hybridized carbons (Fsp3) is 0.514. The van der Waals surface area contributed by atoms with Crippen LogP contribution in [0, 0.1) is 35.1 Å². The van der Waals surface area contributed by atoms with Gasteiger partial charge < -0.3 is 9.47 Å². The van der Waals surface area contributed by atoms with E-state index in [0.717, 1.165) is 43.2 Å². The maximum Gasteiger partial charge on any atom is 0.573 e. The molecule has 0 atom stereocenters. The van der Waals surface area contributed by atoms with Gasteiger partial charge in [0.1, 0.15) is 23.2 Å². The van der Waals surface area contributed by atoms with Crippen LogP contribution in [0.1, 0.15) is 107 Å². The zero-order valence-corrected chi connectivity index (χ0v) is 26.6. The fourth-order valence-electron chi connectivity index (χ4n) is 7.33. The number of unbranched alkanes of at least 4 members (excludes halogenated alkanes) is 2. The van der Waals surface area contributed by atoms with Crippen LogP contribution in [0.5, 0.6) is 11.5 Å². The first-order valence-corrected chi connectivity index (χ1v) is 16.6. The third kappa shape index (κ3) is 8.80. The molecule has 11 heteroatoms. The van der Waals surface area contributed by atoms with E-state index < -0.39 is 58.5 Å². The molecule has 0 radical (unpaired) electrons. The molecule has 262 valence electrons. The molecule has 2 aliphatic rings. The van der Waals surface area contributed by atoms with Gasteiger partial charge in [-0.25, -0.2) is 17.6 Å². The highest BCUT2D eigenvalue weighted by Crippen LogP contribution is 2.45. The van der Waals surface area contributed by atoms with Crippen molar-refractivity contribution in [2.75, 3.05) is 0 Å². The van der Waals surface area contributed by atoms with Crippen LogP contribution in [0.4, 0.5) is 39.5 Å². The van der Waals surface area contributed by atoms with Gasteiger partial charge in [0.05, 0.1) is 11.5 Å². The van der Waals surface area contributed by atoms with Crippen molar-refractivity contribution in [1.82, 2.24) is 0 Å². The van der Waals surface area contributed by atoms with Crippen LogP contribution in [0.2, 0.25) is 0 Å². The summed E-state index contributed by atoms with van der Waals surface area (Å²) < 4.78 is 135. The van der Waals surface area contributed by atoms with Crippen molar-refractivity contribution in [2.24, 2.45) is 11.8 Å². The summed E-state index contributed by atoms with van der Waals surface area (Å²) in [5.41, 5.74) is 0.176. The van der Waals surface area contributed by atoms with Crippen LogP contribution >= 0.6 is 0 Å². The van der Waals surface area contributed by atoms with E-state index in [1.54, 1.807) is 12.1 Å². The Kier molecular flexibility index (Phi) is 11.2. The Bertz CT molecular complexity index is 1520. The van der Waals surface area contributed by atoms with E-state index in [2.05, 4.69) is 11.7 Å². The van der Waals surface area contributed by atoms with Crippen LogP contribution in [-0.4, -0.2) is 12.5 Å². The predicted molar refractivity (Wildman–Crippen MR) is 164 cm³/mol. The summed E-state index contributed by atoms with van der Waals surface area (Å²) >= 11 is 0. The van der Waals surface area contributed by atoms with E-state index in [9.17, 15) is 26.3 Å². The molecular formula is C37H39F9O2. The van der Waals surface area contributed by atoms with Crippen molar-refractivity contribution >= 4 is 0 Å².